The van der Waals surface area contributed by atoms with Gasteiger partial charge in [0.25, 0.3) is 6.47 Å². The Balaban J connectivity index is 0.000000817. The van der Waals surface area contributed by atoms with E-state index in [4.69, 9.17) is 14.6 Å². The topological polar surface area (TPSA) is 78.9 Å². The maximum Gasteiger partial charge on any atom is 0.290 e. The van der Waals surface area contributed by atoms with Crippen LogP contribution in [0.3, 0.4) is 0 Å². The fourth-order valence-electron chi connectivity index (χ4n) is 4.06. The van der Waals surface area contributed by atoms with Crippen LogP contribution in [0.25, 0.3) is 0 Å². The molecule has 1 aromatic carbocycles. The second-order valence-corrected chi connectivity index (χ2v) is 7.02. The van der Waals surface area contributed by atoms with Crippen molar-refractivity contribution < 1.29 is 28.2 Å². The molecular formula is C19H26F2N2O4. The Morgan fingerprint density at radius 3 is 2.48 bits per heavy atom. The minimum absolute atomic E-state index is 0.0993. The summed E-state index contributed by atoms with van der Waals surface area (Å²) in [5.74, 6) is -0.322. The number of carboxylic acid groups (broad SMARTS) is 1. The van der Waals surface area contributed by atoms with E-state index in [0.29, 0.717) is 31.5 Å². The number of nitrogens with zero attached hydrogens (tertiary/aromatic N) is 1. The molecule has 1 saturated heterocycles. The van der Waals surface area contributed by atoms with Gasteiger partial charge in [-0.3, -0.25) is 14.5 Å². The summed E-state index contributed by atoms with van der Waals surface area (Å²) < 4.78 is 31.2. The van der Waals surface area contributed by atoms with Crippen molar-refractivity contribution in [1.82, 2.24) is 10.2 Å². The predicted octanol–water partition coefficient (Wildman–Crippen LogP) is 1.89. The number of halogens is 2. The van der Waals surface area contributed by atoms with Gasteiger partial charge in [-0.05, 0) is 42.4 Å². The summed E-state index contributed by atoms with van der Waals surface area (Å²) in [5, 5.41) is 9.81. The standard InChI is InChI=1S/C18H24F2N2O2.CH2O2/c1-24-5-4-21-18(23)13-7-14-10-22(11-15(14)8-13)9-12-2-3-16(19)17(20)6-12;2-1-3/h2-3,6,13-15H,4-5,7-11H2,1H3,(H,21,23);1H,(H,2,3)/t13?,14-,15+;. The molecule has 3 atom stereocenters. The number of methoxy groups -OCH3 is 1. The third kappa shape index (κ3) is 5.97. The van der Waals surface area contributed by atoms with Crippen molar-refractivity contribution in [3.05, 3.63) is 35.4 Å². The van der Waals surface area contributed by atoms with Gasteiger partial charge in [0.05, 0.1) is 6.61 Å². The maximum absolute atomic E-state index is 13.3. The Morgan fingerprint density at radius 1 is 1.30 bits per heavy atom. The van der Waals surface area contributed by atoms with Gasteiger partial charge in [-0.25, -0.2) is 8.78 Å². The average Bonchev–Trinajstić information content (AvgIpc) is 3.17. The van der Waals surface area contributed by atoms with Gasteiger partial charge in [-0.15, -0.1) is 0 Å². The summed E-state index contributed by atoms with van der Waals surface area (Å²) in [5.41, 5.74) is 0.794. The Morgan fingerprint density at radius 2 is 1.93 bits per heavy atom. The largest absolute Gasteiger partial charge is 0.483 e. The summed E-state index contributed by atoms with van der Waals surface area (Å²) in [6.07, 6.45) is 1.83. The number of carbonyl (C=O) groups is 2. The van der Waals surface area contributed by atoms with Crippen molar-refractivity contribution in [3.63, 3.8) is 0 Å². The zero-order valence-electron chi connectivity index (χ0n) is 15.4. The molecule has 150 valence electrons. The number of carbonyl (C=O) groups excluding carboxylic acids is 1. The smallest absolute Gasteiger partial charge is 0.290 e. The fourth-order valence-corrected chi connectivity index (χ4v) is 4.06. The van der Waals surface area contributed by atoms with E-state index in [1.54, 1.807) is 13.2 Å². The lowest BCUT2D eigenvalue weighted by Gasteiger charge is -2.19. The lowest BCUT2D eigenvalue weighted by molar-refractivity contribution is -0.125. The number of hydrogen-bond acceptors (Lipinski definition) is 4. The molecule has 1 aromatic rings. The Hall–Kier alpha value is -2.06. The summed E-state index contributed by atoms with van der Waals surface area (Å²) in [4.78, 5) is 22.8. The second kappa shape index (κ2) is 10.3. The van der Waals surface area contributed by atoms with E-state index >= 15 is 0 Å². The number of likely N-dealkylation sites (tertiary alicyclic amines) is 1. The molecule has 0 bridgehead atoms. The van der Waals surface area contributed by atoms with Gasteiger partial charge in [0, 0.05) is 39.2 Å². The van der Waals surface area contributed by atoms with Gasteiger partial charge in [-0.2, -0.15) is 0 Å². The normalized spacial score (nSPS) is 24.0. The molecule has 27 heavy (non-hydrogen) atoms. The van der Waals surface area contributed by atoms with E-state index in [0.717, 1.165) is 31.5 Å². The van der Waals surface area contributed by atoms with Crippen LogP contribution >= 0.6 is 0 Å². The highest BCUT2D eigenvalue weighted by Gasteiger charge is 2.42. The SMILES string of the molecule is COCCNC(=O)C1C[C@@H]2CN(Cc3ccc(F)c(F)c3)C[C@@H]2C1.O=CO. The van der Waals surface area contributed by atoms with Gasteiger partial charge in [0.15, 0.2) is 11.6 Å². The van der Waals surface area contributed by atoms with Crippen molar-refractivity contribution in [3.8, 4) is 0 Å². The van der Waals surface area contributed by atoms with E-state index in [1.807, 2.05) is 0 Å². The lowest BCUT2D eigenvalue weighted by Crippen LogP contribution is -2.33. The molecule has 1 heterocycles. The number of amides is 1. The molecule has 2 N–H and O–H groups in total. The average molecular weight is 384 g/mol. The zero-order valence-corrected chi connectivity index (χ0v) is 15.4. The fraction of sp³-hybridized carbons (Fsp3) is 0.579. The number of benzene rings is 1. The highest BCUT2D eigenvalue weighted by molar-refractivity contribution is 5.79. The number of ether oxygens (including phenoxy) is 1. The van der Waals surface area contributed by atoms with Crippen LogP contribution in [0.15, 0.2) is 18.2 Å². The molecule has 1 unspecified atom stereocenters. The molecule has 0 aromatic heterocycles. The summed E-state index contributed by atoms with van der Waals surface area (Å²) in [7, 11) is 1.62. The molecule has 1 saturated carbocycles. The Bertz CT molecular complexity index is 630. The first kappa shape index (κ1) is 21.2. The maximum atomic E-state index is 13.3. The van der Waals surface area contributed by atoms with E-state index in [9.17, 15) is 13.6 Å². The van der Waals surface area contributed by atoms with E-state index in [2.05, 4.69) is 10.2 Å². The number of rotatable bonds is 6. The monoisotopic (exact) mass is 384 g/mol. The van der Waals surface area contributed by atoms with Crippen LogP contribution in [0, 0.1) is 29.4 Å². The van der Waals surface area contributed by atoms with Crippen LogP contribution in [-0.2, 0) is 20.9 Å². The first-order valence-corrected chi connectivity index (χ1v) is 8.99. The highest BCUT2D eigenvalue weighted by Crippen LogP contribution is 2.42. The molecule has 0 radical (unpaired) electrons. The summed E-state index contributed by atoms with van der Waals surface area (Å²) in [6, 6.07) is 4.09. The van der Waals surface area contributed by atoms with Crippen LogP contribution in [0.2, 0.25) is 0 Å². The van der Waals surface area contributed by atoms with Crippen LogP contribution < -0.4 is 5.32 Å². The third-order valence-electron chi connectivity index (χ3n) is 5.19. The molecule has 0 spiro atoms. The minimum atomic E-state index is -0.806. The van der Waals surface area contributed by atoms with Crippen molar-refractivity contribution in [2.24, 2.45) is 17.8 Å². The Kier molecular flexibility index (Phi) is 8.12. The highest BCUT2D eigenvalue weighted by atomic mass is 19.2. The number of hydrogen-bond donors (Lipinski definition) is 2. The lowest BCUT2D eigenvalue weighted by atomic mass is 10.0. The Labute approximate surface area is 157 Å². The van der Waals surface area contributed by atoms with Gasteiger partial charge in [0.1, 0.15) is 0 Å². The second-order valence-electron chi connectivity index (χ2n) is 7.02. The van der Waals surface area contributed by atoms with Crippen LogP contribution in [0.4, 0.5) is 8.78 Å². The van der Waals surface area contributed by atoms with Gasteiger partial charge < -0.3 is 15.2 Å². The van der Waals surface area contributed by atoms with Crippen molar-refractivity contribution in [1.29, 1.82) is 0 Å². The van der Waals surface area contributed by atoms with Crippen molar-refractivity contribution in [2.45, 2.75) is 19.4 Å². The van der Waals surface area contributed by atoms with Crippen LogP contribution in [-0.4, -0.2) is 55.7 Å². The molecule has 1 aliphatic heterocycles. The zero-order chi connectivity index (χ0) is 19.8. The minimum Gasteiger partial charge on any atom is -0.483 e. The third-order valence-corrected chi connectivity index (χ3v) is 5.19. The van der Waals surface area contributed by atoms with Crippen LogP contribution in [0.1, 0.15) is 18.4 Å². The summed E-state index contributed by atoms with van der Waals surface area (Å²) in [6.45, 7) is 3.32. The molecule has 6 nitrogen and oxygen atoms in total. The molecule has 3 rings (SSSR count). The first-order chi connectivity index (χ1) is 13.0. The number of fused-ring (bicyclic) bond motifs is 1. The van der Waals surface area contributed by atoms with Crippen molar-refractivity contribution >= 4 is 12.4 Å². The van der Waals surface area contributed by atoms with Gasteiger partial charge >= 0.3 is 0 Å². The van der Waals surface area contributed by atoms with Crippen molar-refractivity contribution in [2.75, 3.05) is 33.4 Å². The van der Waals surface area contributed by atoms with Gasteiger partial charge in [-0.1, -0.05) is 6.07 Å². The predicted molar refractivity (Wildman–Crippen MR) is 94.9 cm³/mol. The van der Waals surface area contributed by atoms with Crippen LogP contribution in [0.5, 0.6) is 0 Å². The van der Waals surface area contributed by atoms with E-state index in [1.165, 1.54) is 12.1 Å². The quantitative estimate of drug-likeness (QED) is 0.578. The van der Waals surface area contributed by atoms with Gasteiger partial charge in [0.2, 0.25) is 5.91 Å². The molecule has 2 fully saturated rings. The molecular weight excluding hydrogens is 358 g/mol. The molecule has 1 aliphatic carbocycles. The summed E-state index contributed by atoms with van der Waals surface area (Å²) >= 11 is 0. The molecule has 1 amide bonds. The van der Waals surface area contributed by atoms with E-state index in [-0.39, 0.29) is 18.3 Å². The van der Waals surface area contributed by atoms with E-state index < -0.39 is 11.6 Å². The number of nitrogens with one attached hydrogen (secondary N) is 1. The molecule has 2 aliphatic rings. The first-order valence-electron chi connectivity index (χ1n) is 8.99. The molecule has 8 heteroatoms.